The number of hydrogen-bond acceptors (Lipinski definition) is 3. The Labute approximate surface area is 101 Å². The molecule has 0 saturated heterocycles. The molecule has 0 aromatic rings. The summed E-state index contributed by atoms with van der Waals surface area (Å²) in [4.78, 5) is 17.6. The standard InChI is InChI=1S/C12H18N2O3/c1-16-11-4-5-13-12(15)14(11)17-10-7-8-2-3-9(10)6-8/h4-5,8-11H,2-3,6-7H2,1H3,(H,13,15)/t8-,9+,10+,11?/m1/s1. The van der Waals surface area contributed by atoms with Gasteiger partial charge in [-0.3, -0.25) is 4.84 Å². The molecule has 5 nitrogen and oxygen atoms in total. The number of carbonyl (C=O) groups excluding carboxylic acids is 1. The van der Waals surface area contributed by atoms with Crippen LogP contribution in [0, 0.1) is 11.8 Å². The summed E-state index contributed by atoms with van der Waals surface area (Å²) in [6.07, 6.45) is 8.03. The van der Waals surface area contributed by atoms with Crippen LogP contribution in [0.3, 0.4) is 0 Å². The fourth-order valence-electron chi connectivity index (χ4n) is 3.20. The van der Waals surface area contributed by atoms with E-state index in [-0.39, 0.29) is 12.1 Å². The van der Waals surface area contributed by atoms with E-state index < -0.39 is 6.23 Å². The van der Waals surface area contributed by atoms with Crippen LogP contribution in [0.1, 0.15) is 25.7 Å². The Kier molecular flexibility index (Phi) is 2.80. The highest BCUT2D eigenvalue weighted by Crippen LogP contribution is 2.46. The third-order valence-corrected chi connectivity index (χ3v) is 4.06. The van der Waals surface area contributed by atoms with Crippen LogP contribution in [-0.4, -0.2) is 30.5 Å². The highest BCUT2D eigenvalue weighted by atomic mass is 16.7. The smallest absolute Gasteiger partial charge is 0.348 e. The second-order valence-corrected chi connectivity index (χ2v) is 5.08. The number of hydroxylamine groups is 2. The Hall–Kier alpha value is -1.07. The van der Waals surface area contributed by atoms with Crippen LogP contribution in [0.2, 0.25) is 0 Å². The summed E-state index contributed by atoms with van der Waals surface area (Å²) >= 11 is 0. The molecule has 2 fully saturated rings. The quantitative estimate of drug-likeness (QED) is 0.812. The predicted octanol–water partition coefficient (Wildman–Crippen LogP) is 1.62. The zero-order valence-electron chi connectivity index (χ0n) is 9.96. The lowest BCUT2D eigenvalue weighted by Crippen LogP contribution is -2.50. The molecule has 3 aliphatic rings. The monoisotopic (exact) mass is 238 g/mol. The van der Waals surface area contributed by atoms with E-state index in [0.717, 1.165) is 12.3 Å². The maximum Gasteiger partial charge on any atom is 0.348 e. The van der Waals surface area contributed by atoms with E-state index in [4.69, 9.17) is 9.57 Å². The molecule has 1 heterocycles. The van der Waals surface area contributed by atoms with Crippen molar-refractivity contribution < 1.29 is 14.4 Å². The van der Waals surface area contributed by atoms with Crippen LogP contribution in [0.4, 0.5) is 4.79 Å². The van der Waals surface area contributed by atoms with Gasteiger partial charge in [0.25, 0.3) is 0 Å². The molecule has 1 aliphatic heterocycles. The molecule has 5 heteroatoms. The number of hydrogen-bond donors (Lipinski definition) is 1. The molecule has 0 aromatic carbocycles. The van der Waals surface area contributed by atoms with Gasteiger partial charge in [-0.15, -0.1) is 0 Å². The van der Waals surface area contributed by atoms with Crippen molar-refractivity contribution in [2.45, 2.75) is 38.0 Å². The summed E-state index contributed by atoms with van der Waals surface area (Å²) in [7, 11) is 1.57. The molecule has 0 aromatic heterocycles. The van der Waals surface area contributed by atoms with Crippen LogP contribution >= 0.6 is 0 Å². The van der Waals surface area contributed by atoms with Gasteiger partial charge in [-0.1, -0.05) is 0 Å². The molecule has 2 saturated carbocycles. The van der Waals surface area contributed by atoms with Crippen LogP contribution in [0.5, 0.6) is 0 Å². The number of rotatable bonds is 3. The van der Waals surface area contributed by atoms with Gasteiger partial charge >= 0.3 is 6.03 Å². The first kappa shape index (κ1) is 11.0. The highest BCUT2D eigenvalue weighted by Gasteiger charge is 2.43. The molecule has 1 unspecified atom stereocenters. The molecule has 1 N–H and O–H groups in total. The molecule has 94 valence electrons. The fraction of sp³-hybridized carbons (Fsp3) is 0.750. The molecule has 17 heavy (non-hydrogen) atoms. The lowest BCUT2D eigenvalue weighted by atomic mass is 9.98. The first-order chi connectivity index (χ1) is 8.28. The van der Waals surface area contributed by atoms with Crippen LogP contribution < -0.4 is 5.32 Å². The van der Waals surface area contributed by atoms with E-state index in [1.807, 2.05) is 0 Å². The van der Waals surface area contributed by atoms with E-state index in [2.05, 4.69) is 5.32 Å². The number of amides is 2. The highest BCUT2D eigenvalue weighted by molar-refractivity contribution is 5.75. The van der Waals surface area contributed by atoms with E-state index in [9.17, 15) is 4.79 Å². The molecule has 4 atom stereocenters. The van der Waals surface area contributed by atoms with Crippen molar-refractivity contribution in [3.8, 4) is 0 Å². The van der Waals surface area contributed by atoms with Crippen molar-refractivity contribution in [3.63, 3.8) is 0 Å². The molecule has 0 spiro atoms. The zero-order valence-corrected chi connectivity index (χ0v) is 9.96. The second-order valence-electron chi connectivity index (χ2n) is 5.08. The SMILES string of the molecule is COC1C=CNC(=O)N1O[C@H]1C[C@@H]2CC[C@H]1C2. The topological polar surface area (TPSA) is 50.8 Å². The first-order valence-electron chi connectivity index (χ1n) is 6.24. The predicted molar refractivity (Wildman–Crippen MR) is 60.6 cm³/mol. The Morgan fingerprint density at radius 1 is 1.41 bits per heavy atom. The third kappa shape index (κ3) is 1.93. The molecule has 3 rings (SSSR count). The number of carbonyl (C=O) groups is 1. The average Bonchev–Trinajstić information content (AvgIpc) is 2.93. The Bertz CT molecular complexity index is 345. The van der Waals surface area contributed by atoms with Crippen molar-refractivity contribution in [1.82, 2.24) is 10.4 Å². The first-order valence-corrected chi connectivity index (χ1v) is 6.24. The van der Waals surface area contributed by atoms with E-state index in [0.29, 0.717) is 5.92 Å². The Balaban J connectivity index is 1.67. The number of nitrogens with zero attached hydrogens (tertiary/aromatic N) is 1. The molecule has 2 amide bonds. The summed E-state index contributed by atoms with van der Waals surface area (Å²) in [5.74, 6) is 1.42. The zero-order chi connectivity index (χ0) is 11.8. The van der Waals surface area contributed by atoms with Crippen molar-refractivity contribution >= 4 is 6.03 Å². The largest absolute Gasteiger partial charge is 0.355 e. The van der Waals surface area contributed by atoms with Crippen LogP contribution in [-0.2, 0) is 9.57 Å². The number of nitrogens with one attached hydrogen (secondary N) is 1. The summed E-state index contributed by atoms with van der Waals surface area (Å²) in [6.45, 7) is 0. The van der Waals surface area contributed by atoms with Crippen LogP contribution in [0.15, 0.2) is 12.3 Å². The molecule has 0 radical (unpaired) electrons. The number of urea groups is 1. The Morgan fingerprint density at radius 2 is 2.29 bits per heavy atom. The second kappa shape index (κ2) is 4.31. The summed E-state index contributed by atoms with van der Waals surface area (Å²) in [5, 5.41) is 3.94. The molecular weight excluding hydrogens is 220 g/mol. The number of methoxy groups -OCH3 is 1. The summed E-state index contributed by atoms with van der Waals surface area (Å²) in [5.41, 5.74) is 0. The summed E-state index contributed by atoms with van der Waals surface area (Å²) < 4.78 is 5.22. The molecular formula is C12H18N2O3. The van der Waals surface area contributed by atoms with Crippen molar-refractivity contribution in [3.05, 3.63) is 12.3 Å². The maximum absolute atomic E-state index is 11.7. The van der Waals surface area contributed by atoms with Gasteiger partial charge in [0, 0.05) is 13.3 Å². The van der Waals surface area contributed by atoms with Gasteiger partial charge in [0.15, 0.2) is 6.23 Å². The van der Waals surface area contributed by atoms with Crippen molar-refractivity contribution in [2.24, 2.45) is 11.8 Å². The van der Waals surface area contributed by atoms with Gasteiger partial charge < -0.3 is 10.1 Å². The van der Waals surface area contributed by atoms with E-state index in [1.165, 1.54) is 24.3 Å². The normalized spacial score (nSPS) is 39.8. The van der Waals surface area contributed by atoms with Gasteiger partial charge in [0.2, 0.25) is 0 Å². The molecule has 2 aliphatic carbocycles. The van der Waals surface area contributed by atoms with Crippen molar-refractivity contribution in [2.75, 3.05) is 7.11 Å². The van der Waals surface area contributed by atoms with Crippen LogP contribution in [0.25, 0.3) is 0 Å². The minimum Gasteiger partial charge on any atom is -0.355 e. The lowest BCUT2D eigenvalue weighted by Gasteiger charge is -2.34. The van der Waals surface area contributed by atoms with Gasteiger partial charge in [0.05, 0.1) is 6.10 Å². The number of fused-ring (bicyclic) bond motifs is 2. The number of ether oxygens (including phenoxy) is 1. The van der Waals surface area contributed by atoms with Gasteiger partial charge in [-0.2, -0.15) is 5.06 Å². The molecule has 2 bridgehead atoms. The van der Waals surface area contributed by atoms with E-state index >= 15 is 0 Å². The van der Waals surface area contributed by atoms with Crippen molar-refractivity contribution in [1.29, 1.82) is 0 Å². The maximum atomic E-state index is 11.7. The summed E-state index contributed by atoms with van der Waals surface area (Å²) in [6, 6.07) is -0.248. The lowest BCUT2D eigenvalue weighted by molar-refractivity contribution is -0.232. The van der Waals surface area contributed by atoms with Gasteiger partial charge in [0.1, 0.15) is 0 Å². The minimum absolute atomic E-state index is 0.184. The van der Waals surface area contributed by atoms with Gasteiger partial charge in [-0.25, -0.2) is 4.79 Å². The van der Waals surface area contributed by atoms with E-state index in [1.54, 1.807) is 19.4 Å². The Morgan fingerprint density at radius 3 is 2.94 bits per heavy atom. The average molecular weight is 238 g/mol. The fourth-order valence-corrected chi connectivity index (χ4v) is 3.20. The minimum atomic E-state index is -0.414. The third-order valence-electron chi connectivity index (χ3n) is 4.06. The van der Waals surface area contributed by atoms with Gasteiger partial charge in [-0.05, 0) is 43.6 Å².